The van der Waals surface area contributed by atoms with E-state index >= 15 is 0 Å². The number of nitro groups is 2. The van der Waals surface area contributed by atoms with Crippen molar-refractivity contribution < 1.29 is 19.4 Å². The van der Waals surface area contributed by atoms with Crippen LogP contribution in [0.2, 0.25) is 0 Å². The molecule has 1 aliphatic heterocycles. The summed E-state index contributed by atoms with van der Waals surface area (Å²) in [5, 5.41) is 24.5. The van der Waals surface area contributed by atoms with Crippen molar-refractivity contribution in [3.05, 3.63) is 73.8 Å². The SMILES string of the molecule is O=C(Nc1ccccc1C(=O)N1CCCC1)c1cc([N+](=O)[O-])cc([N+](=O)[O-])c1. The number of carbonyl (C=O) groups is 2. The molecule has 2 aromatic rings. The smallest absolute Gasteiger partial charge is 0.277 e. The number of benzene rings is 2. The lowest BCUT2D eigenvalue weighted by Crippen LogP contribution is -2.28. The molecule has 1 saturated heterocycles. The first kappa shape index (κ1) is 19.0. The van der Waals surface area contributed by atoms with E-state index in [1.165, 1.54) is 6.07 Å². The van der Waals surface area contributed by atoms with Gasteiger partial charge in [0.05, 0.1) is 32.7 Å². The number of rotatable bonds is 5. The average Bonchev–Trinajstić information content (AvgIpc) is 3.22. The Morgan fingerprint density at radius 3 is 2.07 bits per heavy atom. The molecule has 144 valence electrons. The number of nitro benzene ring substituents is 2. The first-order chi connectivity index (χ1) is 13.4. The fourth-order valence-corrected chi connectivity index (χ4v) is 3.00. The minimum atomic E-state index is -0.811. The van der Waals surface area contributed by atoms with E-state index in [0.717, 1.165) is 31.0 Å². The van der Waals surface area contributed by atoms with Crippen LogP contribution in [0, 0.1) is 20.2 Å². The predicted molar refractivity (Wildman–Crippen MR) is 99.3 cm³/mol. The molecule has 0 spiro atoms. The molecule has 0 aromatic heterocycles. The zero-order valence-corrected chi connectivity index (χ0v) is 14.7. The standard InChI is InChI=1S/C18H16N4O6/c23-17(12-9-13(21(25)26)11-14(10-12)22(27)28)19-16-6-2-1-5-15(16)18(24)20-7-3-4-8-20/h1-2,5-6,9-11H,3-4,7-8H2,(H,19,23). The Kier molecular flexibility index (Phi) is 5.30. The van der Waals surface area contributed by atoms with Crippen molar-refractivity contribution in [1.29, 1.82) is 0 Å². The number of nitrogens with zero attached hydrogens (tertiary/aromatic N) is 3. The van der Waals surface area contributed by atoms with Gasteiger partial charge in [0.2, 0.25) is 0 Å². The minimum Gasteiger partial charge on any atom is -0.339 e. The highest BCUT2D eigenvalue weighted by Crippen LogP contribution is 2.25. The Morgan fingerprint density at radius 2 is 1.50 bits per heavy atom. The van der Waals surface area contributed by atoms with Gasteiger partial charge in [-0.3, -0.25) is 29.8 Å². The number of likely N-dealkylation sites (tertiary alicyclic amines) is 1. The van der Waals surface area contributed by atoms with Gasteiger partial charge in [0.1, 0.15) is 0 Å². The van der Waals surface area contributed by atoms with Gasteiger partial charge in [-0.15, -0.1) is 0 Å². The largest absolute Gasteiger partial charge is 0.339 e. The lowest BCUT2D eigenvalue weighted by Gasteiger charge is -2.18. The van der Waals surface area contributed by atoms with E-state index < -0.39 is 27.1 Å². The second-order valence-corrected chi connectivity index (χ2v) is 6.25. The van der Waals surface area contributed by atoms with Crippen molar-refractivity contribution in [2.24, 2.45) is 0 Å². The Bertz CT molecular complexity index is 936. The van der Waals surface area contributed by atoms with Crippen LogP contribution in [0.4, 0.5) is 17.1 Å². The van der Waals surface area contributed by atoms with Crippen LogP contribution >= 0.6 is 0 Å². The molecule has 28 heavy (non-hydrogen) atoms. The molecule has 0 aliphatic carbocycles. The van der Waals surface area contributed by atoms with Crippen LogP contribution in [0.1, 0.15) is 33.6 Å². The third-order valence-electron chi connectivity index (χ3n) is 4.39. The van der Waals surface area contributed by atoms with Crippen molar-refractivity contribution in [3.8, 4) is 0 Å². The fourth-order valence-electron chi connectivity index (χ4n) is 3.00. The molecule has 10 heteroatoms. The van der Waals surface area contributed by atoms with E-state index in [1.807, 2.05) is 0 Å². The van der Waals surface area contributed by atoms with Crippen molar-refractivity contribution in [1.82, 2.24) is 4.90 Å². The topological polar surface area (TPSA) is 136 Å². The van der Waals surface area contributed by atoms with E-state index in [1.54, 1.807) is 23.1 Å². The highest BCUT2D eigenvalue weighted by atomic mass is 16.6. The van der Waals surface area contributed by atoms with Crippen LogP contribution in [0.15, 0.2) is 42.5 Å². The average molecular weight is 384 g/mol. The highest BCUT2D eigenvalue weighted by molar-refractivity contribution is 6.09. The Hall–Kier alpha value is -3.82. The molecule has 2 aromatic carbocycles. The molecule has 0 unspecified atom stereocenters. The van der Waals surface area contributed by atoms with Gasteiger partial charge < -0.3 is 10.2 Å². The monoisotopic (exact) mass is 384 g/mol. The quantitative estimate of drug-likeness (QED) is 0.622. The fraction of sp³-hybridized carbons (Fsp3) is 0.222. The molecule has 1 heterocycles. The van der Waals surface area contributed by atoms with Crippen LogP contribution in [0.5, 0.6) is 0 Å². The maximum atomic E-state index is 12.7. The molecular weight excluding hydrogens is 368 g/mol. The summed E-state index contributed by atoms with van der Waals surface area (Å²) in [5.41, 5.74) is -0.859. The molecule has 0 radical (unpaired) electrons. The first-order valence-corrected chi connectivity index (χ1v) is 8.50. The molecule has 0 atom stereocenters. The highest BCUT2D eigenvalue weighted by Gasteiger charge is 2.24. The molecule has 0 bridgehead atoms. The number of carbonyl (C=O) groups excluding carboxylic acids is 2. The second-order valence-electron chi connectivity index (χ2n) is 6.25. The van der Waals surface area contributed by atoms with Crippen molar-refractivity contribution in [3.63, 3.8) is 0 Å². The lowest BCUT2D eigenvalue weighted by atomic mass is 10.1. The number of para-hydroxylation sites is 1. The summed E-state index contributed by atoms with van der Waals surface area (Å²) < 4.78 is 0. The molecule has 1 N–H and O–H groups in total. The molecule has 2 amide bonds. The van der Waals surface area contributed by atoms with Gasteiger partial charge >= 0.3 is 0 Å². The molecule has 3 rings (SSSR count). The zero-order valence-electron chi connectivity index (χ0n) is 14.7. The first-order valence-electron chi connectivity index (χ1n) is 8.50. The number of hydrogen-bond acceptors (Lipinski definition) is 6. The van der Waals surface area contributed by atoms with Crippen molar-refractivity contribution in [2.75, 3.05) is 18.4 Å². The maximum Gasteiger partial charge on any atom is 0.277 e. The van der Waals surface area contributed by atoms with Gasteiger partial charge in [-0.2, -0.15) is 0 Å². The molecule has 10 nitrogen and oxygen atoms in total. The number of anilines is 1. The van der Waals surface area contributed by atoms with Gasteiger partial charge in [0, 0.05) is 25.2 Å². The summed E-state index contributed by atoms with van der Waals surface area (Å²) >= 11 is 0. The Labute approximate surface area is 159 Å². The van der Waals surface area contributed by atoms with Crippen LogP contribution in [-0.4, -0.2) is 39.7 Å². The number of non-ortho nitro benzene ring substituents is 2. The molecular formula is C18H16N4O6. The number of amides is 2. The van der Waals surface area contributed by atoms with Crippen LogP contribution in [0.3, 0.4) is 0 Å². The molecule has 0 saturated carbocycles. The van der Waals surface area contributed by atoms with E-state index in [9.17, 15) is 29.8 Å². The summed E-state index contributed by atoms with van der Waals surface area (Å²) in [4.78, 5) is 47.3. The third kappa shape index (κ3) is 3.95. The maximum absolute atomic E-state index is 12.7. The van der Waals surface area contributed by atoms with Crippen molar-refractivity contribution in [2.45, 2.75) is 12.8 Å². The van der Waals surface area contributed by atoms with Crippen LogP contribution in [0.25, 0.3) is 0 Å². The van der Waals surface area contributed by atoms with Gasteiger partial charge in [-0.1, -0.05) is 12.1 Å². The van der Waals surface area contributed by atoms with Gasteiger partial charge in [-0.05, 0) is 25.0 Å². The third-order valence-corrected chi connectivity index (χ3v) is 4.39. The summed E-state index contributed by atoms with van der Waals surface area (Å²) in [5.74, 6) is -1.01. The zero-order chi connectivity index (χ0) is 20.3. The van der Waals surface area contributed by atoms with E-state index in [0.29, 0.717) is 13.1 Å². The van der Waals surface area contributed by atoms with Crippen LogP contribution in [-0.2, 0) is 0 Å². The summed E-state index contributed by atoms with van der Waals surface area (Å²) in [6.07, 6.45) is 1.83. The van der Waals surface area contributed by atoms with Crippen LogP contribution < -0.4 is 5.32 Å². The normalized spacial score (nSPS) is 13.2. The van der Waals surface area contributed by atoms with E-state index in [4.69, 9.17) is 0 Å². The van der Waals surface area contributed by atoms with Gasteiger partial charge in [-0.25, -0.2) is 0 Å². The summed E-state index contributed by atoms with van der Waals surface area (Å²) in [6, 6.07) is 9.09. The Morgan fingerprint density at radius 1 is 0.929 bits per heavy atom. The van der Waals surface area contributed by atoms with Crippen molar-refractivity contribution >= 4 is 28.9 Å². The minimum absolute atomic E-state index is 0.224. The van der Waals surface area contributed by atoms with E-state index in [2.05, 4.69) is 5.32 Å². The molecule has 1 aliphatic rings. The number of nitrogens with one attached hydrogen (secondary N) is 1. The van der Waals surface area contributed by atoms with Gasteiger partial charge in [0.15, 0.2) is 0 Å². The predicted octanol–water partition coefficient (Wildman–Crippen LogP) is 2.99. The van der Waals surface area contributed by atoms with E-state index in [-0.39, 0.29) is 22.7 Å². The lowest BCUT2D eigenvalue weighted by molar-refractivity contribution is -0.394. The molecule has 1 fully saturated rings. The number of hydrogen-bond donors (Lipinski definition) is 1. The Balaban J connectivity index is 1.91. The second kappa shape index (κ2) is 7.82. The van der Waals surface area contributed by atoms with Gasteiger partial charge in [0.25, 0.3) is 23.2 Å². The summed E-state index contributed by atoms with van der Waals surface area (Å²) in [7, 11) is 0. The summed E-state index contributed by atoms with van der Waals surface area (Å²) in [6.45, 7) is 1.27.